The van der Waals surface area contributed by atoms with Crippen LogP contribution in [0.3, 0.4) is 0 Å². The Labute approximate surface area is 178 Å². The number of carbonyl (C=O) groups is 1. The lowest BCUT2D eigenvalue weighted by atomic mass is 10.1. The third-order valence-electron chi connectivity index (χ3n) is 4.83. The fourth-order valence-corrected chi connectivity index (χ4v) is 3.04. The van der Waals surface area contributed by atoms with E-state index in [1.165, 1.54) is 0 Å². The van der Waals surface area contributed by atoms with Crippen LogP contribution in [0, 0.1) is 31.1 Å². The first-order chi connectivity index (χ1) is 14.3. The van der Waals surface area contributed by atoms with Crippen molar-refractivity contribution in [1.82, 2.24) is 4.57 Å². The number of nitriles is 1. The summed E-state index contributed by atoms with van der Waals surface area (Å²) in [6.45, 7) is 9.58. The molecule has 0 aliphatic heterocycles. The highest BCUT2D eigenvalue weighted by molar-refractivity contribution is 5.98. The Hall–Kier alpha value is -3.20. The smallest absolute Gasteiger partial charge is 0.349 e. The number of ether oxygens (including phenoxy) is 3. The monoisotopic (exact) mass is 410 g/mol. The van der Waals surface area contributed by atoms with E-state index >= 15 is 0 Å². The summed E-state index contributed by atoms with van der Waals surface area (Å²) >= 11 is 0. The first-order valence-corrected chi connectivity index (χ1v) is 10.1. The van der Waals surface area contributed by atoms with Gasteiger partial charge in [-0.2, -0.15) is 5.26 Å². The van der Waals surface area contributed by atoms with Crippen molar-refractivity contribution in [3.8, 4) is 17.6 Å². The number of esters is 1. The van der Waals surface area contributed by atoms with Crippen LogP contribution in [0.25, 0.3) is 6.08 Å². The highest BCUT2D eigenvalue weighted by Gasteiger charge is 2.14. The minimum Gasteiger partial charge on any atom is -0.497 e. The van der Waals surface area contributed by atoms with Crippen molar-refractivity contribution >= 4 is 12.0 Å². The lowest BCUT2D eigenvalue weighted by Gasteiger charge is -2.11. The van der Waals surface area contributed by atoms with E-state index in [2.05, 4.69) is 18.4 Å². The molecule has 0 saturated heterocycles. The van der Waals surface area contributed by atoms with Crippen LogP contribution in [0.15, 0.2) is 35.9 Å². The molecular formula is C24H30N2O4. The first kappa shape index (κ1) is 23.1. The summed E-state index contributed by atoms with van der Waals surface area (Å²) in [6, 6.07) is 11.1. The third-order valence-corrected chi connectivity index (χ3v) is 4.83. The van der Waals surface area contributed by atoms with E-state index < -0.39 is 5.97 Å². The number of aryl methyl sites for hydroxylation is 1. The number of benzene rings is 1. The van der Waals surface area contributed by atoms with E-state index in [1.807, 2.05) is 26.0 Å². The molecule has 2 rings (SSSR count). The van der Waals surface area contributed by atoms with E-state index in [-0.39, 0.29) is 18.8 Å². The Morgan fingerprint density at radius 1 is 1.17 bits per heavy atom. The summed E-state index contributed by atoms with van der Waals surface area (Å²) in [5.41, 5.74) is 2.98. The molecule has 0 spiro atoms. The van der Waals surface area contributed by atoms with Crippen LogP contribution in [-0.4, -0.2) is 30.9 Å². The van der Waals surface area contributed by atoms with Gasteiger partial charge in [-0.05, 0) is 68.2 Å². The second-order valence-corrected chi connectivity index (χ2v) is 7.49. The van der Waals surface area contributed by atoms with Crippen LogP contribution in [0.1, 0.15) is 37.2 Å². The minimum absolute atomic E-state index is 0.0245. The van der Waals surface area contributed by atoms with Gasteiger partial charge in [-0.3, -0.25) is 0 Å². The molecule has 0 unspecified atom stereocenters. The maximum absolute atomic E-state index is 12.3. The van der Waals surface area contributed by atoms with E-state index in [1.54, 1.807) is 37.5 Å². The van der Waals surface area contributed by atoms with E-state index in [0.717, 1.165) is 35.7 Å². The molecule has 1 aromatic carbocycles. The van der Waals surface area contributed by atoms with Crippen molar-refractivity contribution in [2.24, 2.45) is 5.92 Å². The second-order valence-electron chi connectivity index (χ2n) is 7.49. The molecular weight excluding hydrogens is 380 g/mol. The maximum Gasteiger partial charge on any atom is 0.349 e. The van der Waals surface area contributed by atoms with E-state index in [9.17, 15) is 10.1 Å². The number of hydrogen-bond donors (Lipinski definition) is 0. The van der Waals surface area contributed by atoms with Gasteiger partial charge in [-0.25, -0.2) is 4.79 Å². The van der Waals surface area contributed by atoms with Gasteiger partial charge in [-0.15, -0.1) is 0 Å². The van der Waals surface area contributed by atoms with E-state index in [4.69, 9.17) is 14.2 Å². The molecule has 160 valence electrons. The molecule has 0 N–H and O–H groups in total. The zero-order valence-electron chi connectivity index (χ0n) is 18.4. The molecule has 0 aliphatic carbocycles. The van der Waals surface area contributed by atoms with Gasteiger partial charge in [0.1, 0.15) is 36.4 Å². The SMILES string of the molecule is COc1ccc(OCCOC(=O)/C(C#N)=C/c2cc(C)n(CCC(C)C)c2C)cc1. The molecule has 6 heteroatoms. The lowest BCUT2D eigenvalue weighted by molar-refractivity contribution is -0.139. The van der Waals surface area contributed by atoms with Gasteiger partial charge in [-0.1, -0.05) is 13.8 Å². The molecule has 30 heavy (non-hydrogen) atoms. The van der Waals surface area contributed by atoms with E-state index in [0.29, 0.717) is 11.7 Å². The molecule has 2 aromatic rings. The van der Waals surface area contributed by atoms with Gasteiger partial charge >= 0.3 is 5.97 Å². The standard InChI is InChI=1S/C24H30N2O4/c1-17(2)10-11-26-18(3)14-20(19(26)4)15-21(16-25)24(27)30-13-12-29-23-8-6-22(28-5)7-9-23/h6-9,14-15,17H,10-13H2,1-5H3/b21-15+. The Kier molecular flexibility index (Phi) is 8.54. The number of hydrogen-bond acceptors (Lipinski definition) is 5. The molecule has 1 heterocycles. The van der Waals surface area contributed by atoms with Gasteiger partial charge in [0.15, 0.2) is 0 Å². The molecule has 0 fully saturated rings. The van der Waals surface area contributed by atoms with Crippen molar-refractivity contribution < 1.29 is 19.0 Å². The zero-order valence-corrected chi connectivity index (χ0v) is 18.4. The number of aromatic nitrogens is 1. The second kappa shape index (κ2) is 11.1. The lowest BCUT2D eigenvalue weighted by Crippen LogP contribution is -2.13. The Morgan fingerprint density at radius 2 is 1.83 bits per heavy atom. The number of carbonyl (C=O) groups excluding carboxylic acids is 1. The molecule has 1 aromatic heterocycles. The largest absolute Gasteiger partial charge is 0.497 e. The summed E-state index contributed by atoms with van der Waals surface area (Å²) in [6.07, 6.45) is 2.67. The number of rotatable bonds is 10. The first-order valence-electron chi connectivity index (χ1n) is 10.1. The number of nitrogens with zero attached hydrogens (tertiary/aromatic N) is 2. The fraction of sp³-hybridized carbons (Fsp3) is 0.417. The average molecular weight is 411 g/mol. The average Bonchev–Trinajstić information content (AvgIpc) is 3.00. The van der Waals surface area contributed by atoms with Crippen LogP contribution in [0.4, 0.5) is 0 Å². The van der Waals surface area contributed by atoms with Gasteiger partial charge in [0, 0.05) is 17.9 Å². The van der Waals surface area contributed by atoms with Crippen LogP contribution >= 0.6 is 0 Å². The van der Waals surface area contributed by atoms with Crippen molar-refractivity contribution in [2.45, 2.75) is 40.7 Å². The molecule has 0 aliphatic rings. The molecule has 0 saturated carbocycles. The Balaban J connectivity index is 1.94. The summed E-state index contributed by atoms with van der Waals surface area (Å²) in [4.78, 5) is 12.3. The van der Waals surface area contributed by atoms with Gasteiger partial charge < -0.3 is 18.8 Å². The van der Waals surface area contributed by atoms with Crippen molar-refractivity contribution in [3.63, 3.8) is 0 Å². The molecule has 0 bridgehead atoms. The fourth-order valence-electron chi connectivity index (χ4n) is 3.04. The minimum atomic E-state index is -0.650. The molecule has 0 atom stereocenters. The Bertz CT molecular complexity index is 918. The van der Waals surface area contributed by atoms with Crippen molar-refractivity contribution in [3.05, 3.63) is 52.9 Å². The quantitative estimate of drug-likeness (QED) is 0.246. The topological polar surface area (TPSA) is 73.5 Å². The summed E-state index contributed by atoms with van der Waals surface area (Å²) in [5.74, 6) is 1.34. The predicted octanol–water partition coefficient (Wildman–Crippen LogP) is 4.69. The molecule has 0 amide bonds. The predicted molar refractivity (Wildman–Crippen MR) is 116 cm³/mol. The van der Waals surface area contributed by atoms with Crippen LogP contribution < -0.4 is 9.47 Å². The van der Waals surface area contributed by atoms with Crippen molar-refractivity contribution in [2.75, 3.05) is 20.3 Å². The zero-order chi connectivity index (χ0) is 22.1. The summed E-state index contributed by atoms with van der Waals surface area (Å²) in [5, 5.41) is 9.42. The maximum atomic E-state index is 12.3. The molecule has 6 nitrogen and oxygen atoms in total. The molecule has 0 radical (unpaired) electrons. The van der Waals surface area contributed by atoms with Gasteiger partial charge in [0.05, 0.1) is 7.11 Å². The highest BCUT2D eigenvalue weighted by atomic mass is 16.6. The van der Waals surface area contributed by atoms with Crippen molar-refractivity contribution in [1.29, 1.82) is 5.26 Å². The summed E-state index contributed by atoms with van der Waals surface area (Å²) < 4.78 is 18.0. The Morgan fingerprint density at radius 3 is 2.43 bits per heavy atom. The van der Waals surface area contributed by atoms with Gasteiger partial charge in [0.25, 0.3) is 0 Å². The highest BCUT2D eigenvalue weighted by Crippen LogP contribution is 2.20. The summed E-state index contributed by atoms with van der Waals surface area (Å²) in [7, 11) is 1.60. The van der Waals surface area contributed by atoms with Gasteiger partial charge in [0.2, 0.25) is 0 Å². The third kappa shape index (κ3) is 6.41. The number of methoxy groups -OCH3 is 1. The van der Waals surface area contributed by atoms with Crippen LogP contribution in [0.5, 0.6) is 11.5 Å². The van der Waals surface area contributed by atoms with Crippen LogP contribution in [-0.2, 0) is 16.1 Å². The van der Waals surface area contributed by atoms with Crippen LogP contribution in [0.2, 0.25) is 0 Å². The normalized spacial score (nSPS) is 11.3.